The predicted molar refractivity (Wildman–Crippen MR) is 84.8 cm³/mol. The van der Waals surface area contributed by atoms with E-state index in [9.17, 15) is 13.6 Å². The van der Waals surface area contributed by atoms with Crippen LogP contribution in [0.2, 0.25) is 0 Å². The van der Waals surface area contributed by atoms with Crippen LogP contribution < -0.4 is 10.6 Å². The normalized spacial score (nSPS) is 24.0. The number of hydrogen-bond acceptors (Lipinski definition) is 4. The number of ether oxygens (including phenoxy) is 2. The predicted octanol–water partition coefficient (Wildman–Crippen LogP) is 2.94. The van der Waals surface area contributed by atoms with Gasteiger partial charge in [-0.25, -0.2) is 13.6 Å². The Balaban J connectivity index is 2.35. The van der Waals surface area contributed by atoms with Crippen molar-refractivity contribution in [1.82, 2.24) is 10.6 Å². The standard InChI is InChI=1S/C16H30F2N2O3/c1-7-22-12-8-11(15(12,5)6)19-9-16(17,18)10-20-13(21)23-14(2,3)4/h11-12,19H,7-10H2,1-6H3,(H,20,21). The third-order valence-corrected chi connectivity index (χ3v) is 4.04. The summed E-state index contributed by atoms with van der Waals surface area (Å²) in [6.07, 6.45) is -0.0211. The van der Waals surface area contributed by atoms with E-state index < -0.39 is 30.7 Å². The Kier molecular flexibility index (Phi) is 6.38. The van der Waals surface area contributed by atoms with Crippen LogP contribution in [0.5, 0.6) is 0 Å². The van der Waals surface area contributed by atoms with Gasteiger partial charge in [0.05, 0.1) is 19.2 Å². The van der Waals surface area contributed by atoms with Crippen molar-refractivity contribution in [2.45, 2.75) is 71.6 Å². The molecule has 0 aromatic heterocycles. The molecule has 23 heavy (non-hydrogen) atoms. The van der Waals surface area contributed by atoms with Gasteiger partial charge in [-0.3, -0.25) is 0 Å². The topological polar surface area (TPSA) is 59.6 Å². The fourth-order valence-electron chi connectivity index (χ4n) is 2.57. The lowest BCUT2D eigenvalue weighted by Gasteiger charge is -2.52. The molecule has 1 amide bonds. The van der Waals surface area contributed by atoms with Crippen LogP contribution in [0.4, 0.5) is 13.6 Å². The molecule has 2 unspecified atom stereocenters. The number of amides is 1. The van der Waals surface area contributed by atoms with Crippen LogP contribution in [0.1, 0.15) is 48.0 Å². The van der Waals surface area contributed by atoms with Gasteiger partial charge in [0.15, 0.2) is 0 Å². The first-order valence-electron chi connectivity index (χ1n) is 8.07. The van der Waals surface area contributed by atoms with Gasteiger partial charge < -0.3 is 20.1 Å². The van der Waals surface area contributed by atoms with Crippen LogP contribution in [-0.4, -0.2) is 49.5 Å². The largest absolute Gasteiger partial charge is 0.444 e. The van der Waals surface area contributed by atoms with Gasteiger partial charge in [-0.1, -0.05) is 13.8 Å². The van der Waals surface area contributed by atoms with Gasteiger partial charge >= 0.3 is 6.09 Å². The van der Waals surface area contributed by atoms with Crippen molar-refractivity contribution in [2.75, 3.05) is 19.7 Å². The van der Waals surface area contributed by atoms with Gasteiger partial charge in [0.1, 0.15) is 5.60 Å². The first-order valence-corrected chi connectivity index (χ1v) is 8.07. The van der Waals surface area contributed by atoms with E-state index in [-0.39, 0.29) is 17.6 Å². The molecule has 2 N–H and O–H groups in total. The smallest absolute Gasteiger partial charge is 0.407 e. The lowest BCUT2D eigenvalue weighted by atomic mass is 9.64. The molecule has 0 spiro atoms. The zero-order valence-electron chi connectivity index (χ0n) is 15.0. The van der Waals surface area contributed by atoms with E-state index in [4.69, 9.17) is 9.47 Å². The van der Waals surface area contributed by atoms with Crippen LogP contribution in [0.25, 0.3) is 0 Å². The first-order chi connectivity index (χ1) is 10.4. The van der Waals surface area contributed by atoms with E-state index in [1.807, 2.05) is 20.8 Å². The number of halogens is 2. The second-order valence-corrected chi connectivity index (χ2v) is 7.65. The zero-order valence-corrected chi connectivity index (χ0v) is 15.0. The highest BCUT2D eigenvalue weighted by atomic mass is 19.3. The van der Waals surface area contributed by atoms with Crippen LogP contribution in [0.3, 0.4) is 0 Å². The fourth-order valence-corrected chi connectivity index (χ4v) is 2.57. The third-order valence-electron chi connectivity index (χ3n) is 4.04. The average Bonchev–Trinajstić information content (AvgIpc) is 2.38. The highest BCUT2D eigenvalue weighted by Gasteiger charge is 2.49. The summed E-state index contributed by atoms with van der Waals surface area (Å²) in [6.45, 7) is 10.4. The molecule has 0 aliphatic heterocycles. The lowest BCUT2D eigenvalue weighted by molar-refractivity contribution is -0.120. The molecule has 2 atom stereocenters. The molecule has 0 bridgehead atoms. The number of rotatable bonds is 7. The molecule has 7 heteroatoms. The van der Waals surface area contributed by atoms with E-state index in [1.165, 1.54) is 0 Å². The summed E-state index contributed by atoms with van der Waals surface area (Å²) in [4.78, 5) is 11.4. The van der Waals surface area contributed by atoms with Crippen molar-refractivity contribution < 1.29 is 23.0 Å². The molecule has 0 aromatic carbocycles. The molecule has 1 fully saturated rings. The minimum Gasteiger partial charge on any atom is -0.444 e. The summed E-state index contributed by atoms with van der Waals surface area (Å²) in [5, 5.41) is 5.00. The maximum absolute atomic E-state index is 13.9. The maximum Gasteiger partial charge on any atom is 0.407 e. The molecular formula is C16H30F2N2O3. The van der Waals surface area contributed by atoms with E-state index in [1.54, 1.807) is 20.8 Å². The highest BCUT2D eigenvalue weighted by Crippen LogP contribution is 2.42. The highest BCUT2D eigenvalue weighted by molar-refractivity contribution is 5.67. The molecule has 1 aliphatic carbocycles. The van der Waals surface area contributed by atoms with Crippen molar-refractivity contribution in [1.29, 1.82) is 0 Å². The Bertz CT molecular complexity index is 409. The summed E-state index contributed by atoms with van der Waals surface area (Å²) < 4.78 is 38.3. The van der Waals surface area contributed by atoms with E-state index in [0.29, 0.717) is 6.61 Å². The number of alkyl halides is 2. The average molecular weight is 336 g/mol. The SMILES string of the molecule is CCOC1CC(NCC(F)(F)CNC(=O)OC(C)(C)C)C1(C)C. The molecule has 1 rings (SSSR count). The molecule has 0 heterocycles. The molecule has 5 nitrogen and oxygen atoms in total. The van der Waals surface area contributed by atoms with Gasteiger partial charge in [0, 0.05) is 18.1 Å². The molecule has 1 aliphatic rings. The second-order valence-electron chi connectivity index (χ2n) is 7.65. The fraction of sp³-hybridized carbons (Fsp3) is 0.938. The molecule has 1 saturated carbocycles. The van der Waals surface area contributed by atoms with Gasteiger partial charge in [-0.15, -0.1) is 0 Å². The monoisotopic (exact) mass is 336 g/mol. The number of alkyl carbamates (subject to hydrolysis) is 1. The molecule has 0 radical (unpaired) electrons. The summed E-state index contributed by atoms with van der Waals surface area (Å²) in [5.41, 5.74) is -0.882. The van der Waals surface area contributed by atoms with Crippen LogP contribution in [0.15, 0.2) is 0 Å². The first kappa shape index (κ1) is 20.1. The molecule has 0 saturated heterocycles. The van der Waals surface area contributed by atoms with Crippen molar-refractivity contribution in [3.05, 3.63) is 0 Å². The Morgan fingerprint density at radius 1 is 1.26 bits per heavy atom. The third kappa shape index (κ3) is 6.22. The minimum absolute atomic E-state index is 0.0218. The quantitative estimate of drug-likeness (QED) is 0.750. The summed E-state index contributed by atoms with van der Waals surface area (Å²) in [6, 6.07) is -0.0218. The Hall–Kier alpha value is -0.950. The Labute approximate surface area is 137 Å². The summed E-state index contributed by atoms with van der Waals surface area (Å²) >= 11 is 0. The Morgan fingerprint density at radius 2 is 1.87 bits per heavy atom. The number of carbonyl (C=O) groups excluding carboxylic acids is 1. The zero-order chi connectivity index (χ0) is 17.9. The summed E-state index contributed by atoms with van der Waals surface area (Å²) in [7, 11) is 0. The van der Waals surface area contributed by atoms with E-state index in [2.05, 4.69) is 10.6 Å². The van der Waals surface area contributed by atoms with Gasteiger partial charge in [-0.2, -0.15) is 0 Å². The maximum atomic E-state index is 13.9. The van der Waals surface area contributed by atoms with Crippen molar-refractivity contribution in [3.63, 3.8) is 0 Å². The lowest BCUT2D eigenvalue weighted by Crippen LogP contribution is -2.62. The van der Waals surface area contributed by atoms with Crippen LogP contribution in [-0.2, 0) is 9.47 Å². The Morgan fingerprint density at radius 3 is 2.35 bits per heavy atom. The molecular weight excluding hydrogens is 306 g/mol. The van der Waals surface area contributed by atoms with E-state index in [0.717, 1.165) is 6.42 Å². The molecule has 136 valence electrons. The number of nitrogens with one attached hydrogen (secondary N) is 2. The molecule has 0 aromatic rings. The minimum atomic E-state index is -3.04. The van der Waals surface area contributed by atoms with E-state index >= 15 is 0 Å². The van der Waals surface area contributed by atoms with Gasteiger partial charge in [-0.05, 0) is 34.1 Å². The van der Waals surface area contributed by atoms with Crippen LogP contribution >= 0.6 is 0 Å². The number of hydrogen-bond donors (Lipinski definition) is 2. The number of carbonyl (C=O) groups is 1. The second kappa shape index (κ2) is 7.30. The van der Waals surface area contributed by atoms with Gasteiger partial charge in [0.2, 0.25) is 0 Å². The van der Waals surface area contributed by atoms with Crippen molar-refractivity contribution in [2.24, 2.45) is 5.41 Å². The van der Waals surface area contributed by atoms with Crippen molar-refractivity contribution in [3.8, 4) is 0 Å². The van der Waals surface area contributed by atoms with Crippen molar-refractivity contribution >= 4 is 6.09 Å². The van der Waals surface area contributed by atoms with Gasteiger partial charge in [0.25, 0.3) is 5.92 Å². The van der Waals surface area contributed by atoms with Crippen LogP contribution in [0, 0.1) is 5.41 Å². The summed E-state index contributed by atoms with van der Waals surface area (Å²) in [5.74, 6) is -3.04.